The topological polar surface area (TPSA) is 97.6 Å². The quantitative estimate of drug-likeness (QED) is 0.363. The smallest absolute Gasteiger partial charge is 0.408 e. The highest BCUT2D eigenvalue weighted by atomic mass is 19.4. The van der Waals surface area contributed by atoms with Gasteiger partial charge in [0.1, 0.15) is 5.60 Å². The highest BCUT2D eigenvalue weighted by Crippen LogP contribution is 2.42. The van der Waals surface area contributed by atoms with Gasteiger partial charge in [-0.15, -0.1) is 0 Å². The first-order valence-corrected chi connectivity index (χ1v) is 13.6. The van der Waals surface area contributed by atoms with Crippen LogP contribution < -0.4 is 10.6 Å². The van der Waals surface area contributed by atoms with Crippen molar-refractivity contribution in [1.29, 1.82) is 0 Å². The third-order valence-electron chi connectivity index (χ3n) is 7.37. The molecule has 2 saturated carbocycles. The Balaban J connectivity index is 1.57. The maximum Gasteiger partial charge on any atom is 0.408 e. The summed E-state index contributed by atoms with van der Waals surface area (Å²) in [6.07, 6.45) is -1.10. The number of alkyl halides is 5. The summed E-state index contributed by atoms with van der Waals surface area (Å²) < 4.78 is 73.6. The number of fused-ring (bicyclic) bond motifs is 1. The first-order chi connectivity index (χ1) is 18.5. The Morgan fingerprint density at radius 3 is 2.17 bits per heavy atom. The van der Waals surface area contributed by atoms with Crippen LogP contribution >= 0.6 is 0 Å². The summed E-state index contributed by atoms with van der Waals surface area (Å²) in [5, 5.41) is 5.53. The second-order valence-corrected chi connectivity index (χ2v) is 12.1. The standard InChI is InChI=1S/C27H36F5N5O3/c1-15(27(30,31)32)13-20(38)35-21(16-5-6-16)18-9-12-37-14-19(34-23(37)33-18)22(36-24(39)40-25(2,3)4)17-7-10-26(28,29)11-8-17/h9,12,14-17,21-22H,5-8,10-11,13H2,1-4H3,(H,35,38)(H,36,39)/t15?,21-,22-/m0/s1. The molecule has 2 aromatic rings. The Hall–Kier alpha value is -2.99. The van der Waals surface area contributed by atoms with Gasteiger partial charge in [-0.05, 0) is 64.4 Å². The second-order valence-electron chi connectivity index (χ2n) is 12.1. The third kappa shape index (κ3) is 7.81. The van der Waals surface area contributed by atoms with E-state index < -0.39 is 54.1 Å². The first kappa shape index (κ1) is 30.0. The number of aromatic nitrogens is 3. The van der Waals surface area contributed by atoms with Crippen molar-refractivity contribution < 1.29 is 36.3 Å². The molecule has 1 unspecified atom stereocenters. The number of imidazole rings is 1. The van der Waals surface area contributed by atoms with E-state index in [0.717, 1.165) is 19.8 Å². The SMILES string of the molecule is CC(CC(=O)N[C@H](c1ccn2cc([C@@H](NC(=O)OC(C)(C)C)C3CCC(F)(F)CC3)nc2n1)C1CC1)C(F)(F)F. The first-order valence-electron chi connectivity index (χ1n) is 13.6. The van der Waals surface area contributed by atoms with Crippen molar-refractivity contribution in [2.45, 2.75) is 102 Å². The molecule has 2 fully saturated rings. The number of alkyl carbamates (subject to hydrolysis) is 1. The number of hydrogen-bond acceptors (Lipinski definition) is 5. The number of rotatable bonds is 8. The summed E-state index contributed by atoms with van der Waals surface area (Å²) in [5.41, 5.74) is 0.134. The summed E-state index contributed by atoms with van der Waals surface area (Å²) in [7, 11) is 0. The summed E-state index contributed by atoms with van der Waals surface area (Å²) in [4.78, 5) is 34.3. The largest absolute Gasteiger partial charge is 0.444 e. The molecule has 0 saturated heterocycles. The number of carbonyl (C=O) groups excluding carboxylic acids is 2. The van der Waals surface area contributed by atoms with Crippen molar-refractivity contribution in [1.82, 2.24) is 25.0 Å². The predicted octanol–water partition coefficient (Wildman–Crippen LogP) is 6.28. The fourth-order valence-electron chi connectivity index (χ4n) is 4.98. The van der Waals surface area contributed by atoms with E-state index in [4.69, 9.17) is 4.74 Å². The van der Waals surface area contributed by atoms with E-state index in [0.29, 0.717) is 11.4 Å². The molecule has 3 atom stereocenters. The van der Waals surface area contributed by atoms with Crippen LogP contribution in [0.25, 0.3) is 5.78 Å². The Kier molecular flexibility index (Phi) is 8.33. The Bertz CT molecular complexity index is 1210. The van der Waals surface area contributed by atoms with E-state index in [1.807, 2.05) is 0 Å². The van der Waals surface area contributed by atoms with Gasteiger partial charge in [0.05, 0.1) is 29.4 Å². The van der Waals surface area contributed by atoms with Crippen molar-refractivity contribution in [3.63, 3.8) is 0 Å². The number of ether oxygens (including phenoxy) is 1. The molecule has 0 bridgehead atoms. The molecule has 8 nitrogen and oxygen atoms in total. The van der Waals surface area contributed by atoms with E-state index in [1.54, 1.807) is 43.6 Å². The highest BCUT2D eigenvalue weighted by Gasteiger charge is 2.41. The minimum atomic E-state index is -4.46. The fourth-order valence-corrected chi connectivity index (χ4v) is 4.98. The van der Waals surface area contributed by atoms with Crippen molar-refractivity contribution in [2.75, 3.05) is 0 Å². The summed E-state index contributed by atoms with van der Waals surface area (Å²) in [6.45, 7) is 6.13. The van der Waals surface area contributed by atoms with Gasteiger partial charge in [-0.3, -0.25) is 9.20 Å². The molecule has 2 N–H and O–H groups in total. The number of amides is 2. The molecule has 0 aliphatic heterocycles. The van der Waals surface area contributed by atoms with Crippen molar-refractivity contribution in [3.8, 4) is 0 Å². The summed E-state index contributed by atoms with van der Waals surface area (Å²) >= 11 is 0. The molecule has 2 aromatic heterocycles. The number of carbonyl (C=O) groups is 2. The lowest BCUT2D eigenvalue weighted by atomic mass is 9.81. The van der Waals surface area contributed by atoms with Gasteiger partial charge in [0.2, 0.25) is 17.6 Å². The van der Waals surface area contributed by atoms with E-state index in [2.05, 4.69) is 20.6 Å². The zero-order valence-electron chi connectivity index (χ0n) is 23.0. The van der Waals surface area contributed by atoms with Crippen molar-refractivity contribution >= 4 is 17.8 Å². The van der Waals surface area contributed by atoms with E-state index in [-0.39, 0.29) is 43.3 Å². The molecule has 0 radical (unpaired) electrons. The zero-order valence-corrected chi connectivity index (χ0v) is 23.0. The lowest BCUT2D eigenvalue weighted by molar-refractivity contribution is -0.174. The number of nitrogens with one attached hydrogen (secondary N) is 2. The lowest BCUT2D eigenvalue weighted by Gasteiger charge is -2.33. The average molecular weight is 574 g/mol. The fraction of sp³-hybridized carbons (Fsp3) is 0.704. The van der Waals surface area contributed by atoms with Crippen LogP contribution in [-0.4, -0.2) is 44.1 Å². The monoisotopic (exact) mass is 573 g/mol. The highest BCUT2D eigenvalue weighted by molar-refractivity contribution is 5.76. The molecule has 40 heavy (non-hydrogen) atoms. The van der Waals surface area contributed by atoms with Crippen LogP contribution in [0.4, 0.5) is 26.7 Å². The minimum absolute atomic E-state index is 0.0556. The Labute approximate surface area is 229 Å². The maximum atomic E-state index is 13.9. The predicted molar refractivity (Wildman–Crippen MR) is 135 cm³/mol. The summed E-state index contributed by atoms with van der Waals surface area (Å²) in [6, 6.07) is 0.417. The van der Waals surface area contributed by atoms with E-state index >= 15 is 0 Å². The van der Waals surface area contributed by atoms with Crippen LogP contribution in [0.5, 0.6) is 0 Å². The molecule has 2 aliphatic rings. The van der Waals surface area contributed by atoms with Crippen molar-refractivity contribution in [2.24, 2.45) is 17.8 Å². The molecule has 4 rings (SSSR count). The third-order valence-corrected chi connectivity index (χ3v) is 7.37. The molecule has 2 amide bonds. The average Bonchev–Trinajstić information content (AvgIpc) is 3.57. The molecule has 2 aliphatic carbocycles. The zero-order chi connectivity index (χ0) is 29.5. The van der Waals surface area contributed by atoms with Crippen LogP contribution in [0.15, 0.2) is 18.5 Å². The Morgan fingerprint density at radius 1 is 1.02 bits per heavy atom. The van der Waals surface area contributed by atoms with Crippen LogP contribution in [0.2, 0.25) is 0 Å². The lowest BCUT2D eigenvalue weighted by Crippen LogP contribution is -2.40. The molecule has 13 heteroatoms. The van der Waals surface area contributed by atoms with Gasteiger partial charge in [0.15, 0.2) is 0 Å². The van der Waals surface area contributed by atoms with E-state index in [9.17, 15) is 31.5 Å². The molecule has 0 spiro atoms. The van der Waals surface area contributed by atoms with Gasteiger partial charge in [0, 0.05) is 31.7 Å². The van der Waals surface area contributed by atoms with Crippen molar-refractivity contribution in [3.05, 3.63) is 29.8 Å². The molecular weight excluding hydrogens is 537 g/mol. The van der Waals surface area contributed by atoms with Gasteiger partial charge in [-0.2, -0.15) is 13.2 Å². The molecular formula is C27H36F5N5O3. The number of halogens is 5. The van der Waals surface area contributed by atoms with Gasteiger partial charge in [0.25, 0.3) is 0 Å². The Morgan fingerprint density at radius 2 is 1.60 bits per heavy atom. The van der Waals surface area contributed by atoms with Gasteiger partial charge < -0.3 is 15.4 Å². The van der Waals surface area contributed by atoms with Crippen LogP contribution in [0.3, 0.4) is 0 Å². The summed E-state index contributed by atoms with van der Waals surface area (Å²) in [5.74, 6) is -5.21. The second kappa shape index (κ2) is 11.1. The van der Waals surface area contributed by atoms with Gasteiger partial charge >= 0.3 is 12.3 Å². The van der Waals surface area contributed by atoms with E-state index in [1.165, 1.54) is 0 Å². The molecule has 2 heterocycles. The number of nitrogens with zero attached hydrogens (tertiary/aromatic N) is 3. The number of hydrogen-bond donors (Lipinski definition) is 2. The molecule has 222 valence electrons. The maximum absolute atomic E-state index is 13.9. The molecule has 0 aromatic carbocycles. The van der Waals surface area contributed by atoms with Crippen LogP contribution in [0.1, 0.15) is 96.1 Å². The normalized spacial score (nSPS) is 20.5. The van der Waals surface area contributed by atoms with Gasteiger partial charge in [-0.25, -0.2) is 23.5 Å². The van der Waals surface area contributed by atoms with Crippen LogP contribution in [-0.2, 0) is 9.53 Å². The van der Waals surface area contributed by atoms with Gasteiger partial charge in [-0.1, -0.05) is 6.92 Å². The van der Waals surface area contributed by atoms with Crippen LogP contribution in [0, 0.1) is 17.8 Å². The minimum Gasteiger partial charge on any atom is -0.444 e.